The van der Waals surface area contributed by atoms with Crippen LogP contribution in [0, 0.1) is 5.92 Å². The Kier molecular flexibility index (Phi) is 4.22. The predicted octanol–water partition coefficient (Wildman–Crippen LogP) is 1.39. The highest BCUT2D eigenvalue weighted by molar-refractivity contribution is 5.78. The Hall–Kier alpha value is -0.570. The van der Waals surface area contributed by atoms with Gasteiger partial charge >= 0.3 is 0 Å². The molecule has 1 heterocycles. The minimum atomic E-state index is 0.557. The average Bonchev–Trinajstić information content (AvgIpc) is 2.16. The van der Waals surface area contributed by atoms with Crippen LogP contribution in [-0.2, 0) is 4.74 Å². The van der Waals surface area contributed by atoms with Gasteiger partial charge in [-0.15, -0.1) is 0 Å². The summed E-state index contributed by atoms with van der Waals surface area (Å²) in [4.78, 5) is 6.56. The van der Waals surface area contributed by atoms with Gasteiger partial charge in [-0.3, -0.25) is 4.99 Å². The van der Waals surface area contributed by atoms with Crippen LogP contribution in [0.2, 0.25) is 0 Å². The fourth-order valence-electron chi connectivity index (χ4n) is 1.77. The number of ether oxygens (including phenoxy) is 1. The number of piperidine rings is 1. The molecule has 1 fully saturated rings. The summed E-state index contributed by atoms with van der Waals surface area (Å²) >= 11 is 0. The number of hydrogen-bond acceptors (Lipinski definition) is 3. The highest BCUT2D eigenvalue weighted by Crippen LogP contribution is 2.18. The van der Waals surface area contributed by atoms with E-state index < -0.39 is 0 Å². The molecule has 0 radical (unpaired) electrons. The number of rotatable bonds is 2. The number of likely N-dealkylation sites (tertiary alicyclic amines) is 1. The SMILES string of the molecule is CCOC(=NC)C1CCN(C)CC1. The quantitative estimate of drug-likeness (QED) is 0.478. The van der Waals surface area contributed by atoms with Crippen molar-refractivity contribution >= 4 is 5.90 Å². The molecule has 76 valence electrons. The van der Waals surface area contributed by atoms with Crippen molar-refractivity contribution in [2.75, 3.05) is 33.8 Å². The molecule has 0 saturated carbocycles. The van der Waals surface area contributed by atoms with E-state index >= 15 is 0 Å². The number of hydrogen-bond donors (Lipinski definition) is 0. The van der Waals surface area contributed by atoms with Gasteiger partial charge < -0.3 is 9.64 Å². The van der Waals surface area contributed by atoms with Crippen LogP contribution in [0.15, 0.2) is 4.99 Å². The van der Waals surface area contributed by atoms with Crippen LogP contribution >= 0.6 is 0 Å². The Bertz CT molecular complexity index is 172. The van der Waals surface area contributed by atoms with E-state index in [4.69, 9.17) is 4.74 Å². The molecule has 0 aliphatic carbocycles. The van der Waals surface area contributed by atoms with Crippen LogP contribution < -0.4 is 0 Å². The lowest BCUT2D eigenvalue weighted by Crippen LogP contribution is -2.34. The largest absolute Gasteiger partial charge is 0.481 e. The van der Waals surface area contributed by atoms with Crippen LogP contribution in [0.3, 0.4) is 0 Å². The van der Waals surface area contributed by atoms with Gasteiger partial charge in [0.15, 0.2) is 5.90 Å². The molecule has 13 heavy (non-hydrogen) atoms. The van der Waals surface area contributed by atoms with E-state index in [9.17, 15) is 0 Å². The van der Waals surface area contributed by atoms with Crippen LogP contribution in [0.25, 0.3) is 0 Å². The zero-order valence-corrected chi connectivity index (χ0v) is 8.92. The monoisotopic (exact) mass is 184 g/mol. The average molecular weight is 184 g/mol. The van der Waals surface area contributed by atoms with E-state index in [1.165, 1.54) is 12.8 Å². The van der Waals surface area contributed by atoms with E-state index in [2.05, 4.69) is 16.9 Å². The number of nitrogens with zero attached hydrogens (tertiary/aromatic N) is 2. The van der Waals surface area contributed by atoms with Crippen LogP contribution in [0.4, 0.5) is 0 Å². The summed E-state index contributed by atoms with van der Waals surface area (Å²) in [5.41, 5.74) is 0. The minimum Gasteiger partial charge on any atom is -0.481 e. The first-order valence-electron chi connectivity index (χ1n) is 5.06. The zero-order valence-electron chi connectivity index (χ0n) is 8.92. The van der Waals surface area contributed by atoms with Crippen molar-refractivity contribution in [2.24, 2.45) is 10.9 Å². The Morgan fingerprint density at radius 1 is 1.46 bits per heavy atom. The summed E-state index contributed by atoms with van der Waals surface area (Å²) in [6.45, 7) is 5.08. The molecule has 0 amide bonds. The van der Waals surface area contributed by atoms with Gasteiger partial charge in [-0.25, -0.2) is 0 Å². The smallest absolute Gasteiger partial charge is 0.186 e. The first kappa shape index (κ1) is 10.5. The molecule has 1 aliphatic rings. The van der Waals surface area contributed by atoms with E-state index in [-0.39, 0.29) is 0 Å². The summed E-state index contributed by atoms with van der Waals surface area (Å²) in [7, 11) is 3.99. The molecule has 0 aromatic carbocycles. The second-order valence-electron chi connectivity index (χ2n) is 3.57. The Balaban J connectivity index is 2.42. The zero-order chi connectivity index (χ0) is 9.68. The van der Waals surface area contributed by atoms with Gasteiger partial charge in [0, 0.05) is 13.0 Å². The van der Waals surface area contributed by atoms with Crippen LogP contribution in [0.1, 0.15) is 19.8 Å². The molecule has 0 atom stereocenters. The van der Waals surface area contributed by atoms with Gasteiger partial charge in [-0.2, -0.15) is 0 Å². The molecule has 0 spiro atoms. The maximum Gasteiger partial charge on any atom is 0.186 e. The van der Waals surface area contributed by atoms with Gasteiger partial charge in [-0.1, -0.05) is 0 Å². The lowest BCUT2D eigenvalue weighted by Gasteiger charge is -2.29. The number of aliphatic imine (C=N–C) groups is 1. The fraction of sp³-hybridized carbons (Fsp3) is 0.900. The molecular formula is C10H20N2O. The molecule has 3 nitrogen and oxygen atoms in total. The van der Waals surface area contributed by atoms with Gasteiger partial charge in [0.2, 0.25) is 0 Å². The van der Waals surface area contributed by atoms with E-state index in [1.54, 1.807) is 0 Å². The fourth-order valence-corrected chi connectivity index (χ4v) is 1.77. The predicted molar refractivity (Wildman–Crippen MR) is 55.2 cm³/mol. The lowest BCUT2D eigenvalue weighted by atomic mass is 9.97. The first-order valence-corrected chi connectivity index (χ1v) is 5.06. The second kappa shape index (κ2) is 5.22. The normalized spacial score (nSPS) is 21.9. The summed E-state index contributed by atoms with van der Waals surface area (Å²) in [6.07, 6.45) is 2.37. The van der Waals surface area contributed by atoms with Crippen LogP contribution in [0.5, 0.6) is 0 Å². The summed E-state index contributed by atoms with van der Waals surface area (Å²) in [5, 5.41) is 0. The third-order valence-electron chi connectivity index (χ3n) is 2.58. The third-order valence-corrected chi connectivity index (χ3v) is 2.58. The molecular weight excluding hydrogens is 164 g/mol. The summed E-state index contributed by atoms with van der Waals surface area (Å²) in [6, 6.07) is 0. The molecule has 0 aromatic rings. The Morgan fingerprint density at radius 3 is 2.54 bits per heavy atom. The van der Waals surface area contributed by atoms with Gasteiger partial charge in [0.05, 0.1) is 6.61 Å². The van der Waals surface area contributed by atoms with Crippen molar-refractivity contribution in [3.63, 3.8) is 0 Å². The van der Waals surface area contributed by atoms with Crippen molar-refractivity contribution in [3.05, 3.63) is 0 Å². The van der Waals surface area contributed by atoms with Gasteiger partial charge in [0.1, 0.15) is 0 Å². The van der Waals surface area contributed by atoms with Crippen molar-refractivity contribution in [2.45, 2.75) is 19.8 Å². The maximum absolute atomic E-state index is 5.50. The van der Waals surface area contributed by atoms with Crippen molar-refractivity contribution in [3.8, 4) is 0 Å². The topological polar surface area (TPSA) is 24.8 Å². The lowest BCUT2D eigenvalue weighted by molar-refractivity contribution is 0.220. The Morgan fingerprint density at radius 2 is 2.08 bits per heavy atom. The van der Waals surface area contributed by atoms with Crippen molar-refractivity contribution < 1.29 is 4.74 Å². The second-order valence-corrected chi connectivity index (χ2v) is 3.57. The van der Waals surface area contributed by atoms with E-state index in [0.29, 0.717) is 5.92 Å². The molecule has 1 aliphatic heterocycles. The Labute approximate surface area is 80.8 Å². The highest BCUT2D eigenvalue weighted by Gasteiger charge is 2.21. The van der Waals surface area contributed by atoms with Crippen molar-refractivity contribution in [1.29, 1.82) is 0 Å². The molecule has 1 rings (SSSR count). The van der Waals surface area contributed by atoms with Crippen molar-refractivity contribution in [1.82, 2.24) is 4.90 Å². The minimum absolute atomic E-state index is 0.557. The molecule has 0 aromatic heterocycles. The maximum atomic E-state index is 5.50. The van der Waals surface area contributed by atoms with E-state index in [0.717, 1.165) is 25.6 Å². The molecule has 0 bridgehead atoms. The third kappa shape index (κ3) is 2.99. The molecule has 3 heteroatoms. The van der Waals surface area contributed by atoms with E-state index in [1.807, 2.05) is 14.0 Å². The van der Waals surface area contributed by atoms with Gasteiger partial charge in [-0.05, 0) is 39.9 Å². The summed E-state index contributed by atoms with van der Waals surface area (Å²) in [5.74, 6) is 1.51. The summed E-state index contributed by atoms with van der Waals surface area (Å²) < 4.78 is 5.50. The molecule has 0 N–H and O–H groups in total. The van der Waals surface area contributed by atoms with Crippen LogP contribution in [-0.4, -0.2) is 44.6 Å². The standard InChI is InChI=1S/C10H20N2O/c1-4-13-10(11-2)9-5-7-12(3)8-6-9/h9H,4-8H2,1-3H3. The molecule has 1 saturated heterocycles. The molecule has 0 unspecified atom stereocenters. The van der Waals surface area contributed by atoms with Gasteiger partial charge in [0.25, 0.3) is 0 Å². The first-order chi connectivity index (χ1) is 6.27. The highest BCUT2D eigenvalue weighted by atomic mass is 16.5.